The summed E-state index contributed by atoms with van der Waals surface area (Å²) in [5.74, 6) is 2.72. The van der Waals surface area contributed by atoms with Crippen molar-refractivity contribution < 1.29 is 4.79 Å². The second-order valence-electron chi connectivity index (χ2n) is 4.48. The number of ketones is 1. The molecule has 0 aliphatic carbocycles. The van der Waals surface area contributed by atoms with Crippen molar-refractivity contribution in [2.75, 3.05) is 18.1 Å². The van der Waals surface area contributed by atoms with Crippen LogP contribution in [0.5, 0.6) is 0 Å². The van der Waals surface area contributed by atoms with Gasteiger partial charge in [-0.05, 0) is 13.8 Å². The fourth-order valence-electron chi connectivity index (χ4n) is 1.86. The van der Waals surface area contributed by atoms with Crippen molar-refractivity contribution in [3.63, 3.8) is 0 Å². The summed E-state index contributed by atoms with van der Waals surface area (Å²) in [4.78, 5) is 14.3. The number of carbonyl (C=O) groups excluding carboxylic acids is 1. The molecule has 1 heterocycles. The number of rotatable bonds is 3. The van der Waals surface area contributed by atoms with Gasteiger partial charge in [-0.3, -0.25) is 9.69 Å². The maximum absolute atomic E-state index is 12.0. The first-order chi connectivity index (χ1) is 6.54. The Labute approximate surface area is 91.4 Å². The minimum atomic E-state index is 0.161. The lowest BCUT2D eigenvalue weighted by atomic mass is 10.0. The molecule has 0 aromatic heterocycles. The second-order valence-corrected chi connectivity index (χ2v) is 5.63. The molecule has 3 heteroatoms. The Morgan fingerprint density at radius 1 is 1.36 bits per heavy atom. The molecule has 0 aromatic rings. The molecule has 1 rings (SSSR count). The lowest BCUT2D eigenvalue weighted by Crippen LogP contribution is -2.51. The summed E-state index contributed by atoms with van der Waals surface area (Å²) < 4.78 is 0. The summed E-state index contributed by atoms with van der Waals surface area (Å²) in [5, 5.41) is 0. The average molecular weight is 215 g/mol. The Morgan fingerprint density at radius 2 is 2.00 bits per heavy atom. The van der Waals surface area contributed by atoms with Crippen LogP contribution in [0.1, 0.15) is 27.7 Å². The van der Waals surface area contributed by atoms with Gasteiger partial charge in [0.15, 0.2) is 5.78 Å². The number of Topliss-reactive ketones (excluding diaryl/α,β-unsaturated/α-hetero) is 1. The summed E-state index contributed by atoms with van der Waals surface area (Å²) >= 11 is 1.91. The Balaban J connectivity index is 2.67. The molecule has 1 fully saturated rings. The molecule has 1 saturated heterocycles. The van der Waals surface area contributed by atoms with Gasteiger partial charge in [-0.25, -0.2) is 0 Å². The van der Waals surface area contributed by atoms with Gasteiger partial charge in [-0.1, -0.05) is 13.8 Å². The maximum atomic E-state index is 12.0. The molecule has 0 aromatic carbocycles. The molecule has 82 valence electrons. The third kappa shape index (κ3) is 2.74. The lowest BCUT2D eigenvalue weighted by Gasteiger charge is -2.38. The van der Waals surface area contributed by atoms with E-state index in [-0.39, 0.29) is 12.0 Å². The maximum Gasteiger partial charge on any atom is 0.153 e. The zero-order chi connectivity index (χ0) is 10.7. The van der Waals surface area contributed by atoms with Crippen molar-refractivity contribution in [2.45, 2.75) is 39.8 Å². The number of thioether (sulfide) groups is 1. The molecular weight excluding hydrogens is 194 g/mol. The molecule has 1 atom stereocenters. The van der Waals surface area contributed by atoms with Gasteiger partial charge >= 0.3 is 0 Å². The van der Waals surface area contributed by atoms with Crippen LogP contribution in [0.3, 0.4) is 0 Å². The molecular formula is C11H21NOS. The number of hydrogen-bond acceptors (Lipinski definition) is 3. The van der Waals surface area contributed by atoms with Crippen molar-refractivity contribution in [2.24, 2.45) is 5.92 Å². The van der Waals surface area contributed by atoms with Gasteiger partial charge < -0.3 is 0 Å². The van der Waals surface area contributed by atoms with E-state index >= 15 is 0 Å². The SMILES string of the molecule is CC(C)C(=O)C1CSCCN1C(C)C. The monoisotopic (exact) mass is 215 g/mol. The van der Waals surface area contributed by atoms with Gasteiger partial charge in [0, 0.05) is 30.0 Å². The van der Waals surface area contributed by atoms with Gasteiger partial charge in [0.2, 0.25) is 0 Å². The third-order valence-corrected chi connectivity index (χ3v) is 3.75. The van der Waals surface area contributed by atoms with Crippen LogP contribution in [0, 0.1) is 5.92 Å². The topological polar surface area (TPSA) is 20.3 Å². The molecule has 0 radical (unpaired) electrons. The zero-order valence-corrected chi connectivity index (χ0v) is 10.4. The highest BCUT2D eigenvalue weighted by Crippen LogP contribution is 2.21. The van der Waals surface area contributed by atoms with Gasteiger partial charge in [-0.15, -0.1) is 0 Å². The summed E-state index contributed by atoms with van der Waals surface area (Å²) in [6.07, 6.45) is 0. The summed E-state index contributed by atoms with van der Waals surface area (Å²) in [7, 11) is 0. The molecule has 1 unspecified atom stereocenters. The van der Waals surface area contributed by atoms with Crippen LogP contribution < -0.4 is 0 Å². The van der Waals surface area contributed by atoms with E-state index in [0.717, 1.165) is 12.3 Å². The van der Waals surface area contributed by atoms with E-state index in [4.69, 9.17) is 0 Å². The van der Waals surface area contributed by atoms with Crippen LogP contribution in [-0.4, -0.2) is 40.8 Å². The van der Waals surface area contributed by atoms with E-state index in [1.807, 2.05) is 25.6 Å². The van der Waals surface area contributed by atoms with Crippen LogP contribution in [0.25, 0.3) is 0 Å². The fraction of sp³-hybridized carbons (Fsp3) is 0.909. The number of nitrogens with zero attached hydrogens (tertiary/aromatic N) is 1. The first-order valence-electron chi connectivity index (χ1n) is 5.41. The third-order valence-electron chi connectivity index (χ3n) is 2.73. The molecule has 14 heavy (non-hydrogen) atoms. The molecule has 0 saturated carbocycles. The highest BCUT2D eigenvalue weighted by Gasteiger charge is 2.31. The minimum Gasteiger partial charge on any atom is -0.298 e. The molecule has 0 spiro atoms. The Bertz CT molecular complexity index is 203. The standard InChI is InChI=1S/C11H21NOS/c1-8(2)11(13)10-7-14-6-5-12(10)9(3)4/h8-10H,5-7H2,1-4H3. The Kier molecular flexibility index (Phi) is 4.45. The predicted octanol–water partition coefficient (Wildman–Crippen LogP) is 2.04. The zero-order valence-electron chi connectivity index (χ0n) is 9.62. The first-order valence-corrected chi connectivity index (χ1v) is 6.56. The molecule has 2 nitrogen and oxygen atoms in total. The van der Waals surface area contributed by atoms with E-state index < -0.39 is 0 Å². The molecule has 0 amide bonds. The van der Waals surface area contributed by atoms with Crippen LogP contribution in [0.15, 0.2) is 0 Å². The van der Waals surface area contributed by atoms with Gasteiger partial charge in [0.25, 0.3) is 0 Å². The molecule has 0 N–H and O–H groups in total. The van der Waals surface area contributed by atoms with Crippen molar-refractivity contribution in [1.29, 1.82) is 0 Å². The largest absolute Gasteiger partial charge is 0.298 e. The normalized spacial score (nSPS) is 24.6. The van der Waals surface area contributed by atoms with Crippen LogP contribution in [0.4, 0.5) is 0 Å². The van der Waals surface area contributed by atoms with Crippen LogP contribution in [0.2, 0.25) is 0 Å². The second kappa shape index (κ2) is 5.17. The fourth-order valence-corrected chi connectivity index (χ4v) is 2.95. The molecule has 0 bridgehead atoms. The quantitative estimate of drug-likeness (QED) is 0.718. The van der Waals surface area contributed by atoms with E-state index in [9.17, 15) is 4.79 Å². The molecule has 1 aliphatic rings. The van der Waals surface area contributed by atoms with Gasteiger partial charge in [-0.2, -0.15) is 11.8 Å². The van der Waals surface area contributed by atoms with E-state index in [0.29, 0.717) is 11.8 Å². The summed E-state index contributed by atoms with van der Waals surface area (Å²) in [5.41, 5.74) is 0. The van der Waals surface area contributed by atoms with Gasteiger partial charge in [0.05, 0.1) is 6.04 Å². The highest BCUT2D eigenvalue weighted by molar-refractivity contribution is 7.99. The highest BCUT2D eigenvalue weighted by atomic mass is 32.2. The summed E-state index contributed by atoms with van der Waals surface area (Å²) in [6, 6.07) is 0.650. The van der Waals surface area contributed by atoms with E-state index in [1.165, 1.54) is 5.75 Å². The number of hydrogen-bond donors (Lipinski definition) is 0. The van der Waals surface area contributed by atoms with Gasteiger partial charge in [0.1, 0.15) is 0 Å². The van der Waals surface area contributed by atoms with Crippen molar-refractivity contribution in [1.82, 2.24) is 4.90 Å². The van der Waals surface area contributed by atoms with Crippen LogP contribution in [-0.2, 0) is 4.79 Å². The van der Waals surface area contributed by atoms with Crippen molar-refractivity contribution in [3.8, 4) is 0 Å². The Morgan fingerprint density at radius 3 is 2.50 bits per heavy atom. The van der Waals surface area contributed by atoms with E-state index in [1.54, 1.807) is 0 Å². The van der Waals surface area contributed by atoms with Crippen molar-refractivity contribution >= 4 is 17.5 Å². The van der Waals surface area contributed by atoms with Crippen molar-refractivity contribution in [3.05, 3.63) is 0 Å². The minimum absolute atomic E-state index is 0.161. The number of carbonyl (C=O) groups is 1. The summed E-state index contributed by atoms with van der Waals surface area (Å²) in [6.45, 7) is 9.42. The Hall–Kier alpha value is -0.0200. The smallest absolute Gasteiger partial charge is 0.153 e. The molecule has 1 aliphatic heterocycles. The lowest BCUT2D eigenvalue weighted by molar-refractivity contribution is -0.127. The predicted molar refractivity (Wildman–Crippen MR) is 62.8 cm³/mol. The van der Waals surface area contributed by atoms with E-state index in [2.05, 4.69) is 18.7 Å². The van der Waals surface area contributed by atoms with Crippen LogP contribution >= 0.6 is 11.8 Å². The average Bonchev–Trinajstić information content (AvgIpc) is 2.16. The first kappa shape index (κ1) is 12.1.